The van der Waals surface area contributed by atoms with Crippen LogP contribution >= 0.6 is 15.9 Å². The molecule has 0 aliphatic heterocycles. The van der Waals surface area contributed by atoms with Gasteiger partial charge in [0.15, 0.2) is 5.82 Å². The molecule has 142 valence electrons. The van der Waals surface area contributed by atoms with Gasteiger partial charge in [0.2, 0.25) is 5.95 Å². The van der Waals surface area contributed by atoms with Gasteiger partial charge in [-0.05, 0) is 39.7 Å². The maximum Gasteiger partial charge on any atom is 0.225 e. The summed E-state index contributed by atoms with van der Waals surface area (Å²) in [4.78, 5) is 12.6. The van der Waals surface area contributed by atoms with Gasteiger partial charge < -0.3 is 26.9 Å². The quantitative estimate of drug-likeness (QED) is 0.325. The number of pyridine rings is 1. The number of allylic oxidation sites excluding steroid dienone is 1. The van der Waals surface area contributed by atoms with E-state index >= 15 is 0 Å². The Labute approximate surface area is 170 Å². The Morgan fingerprint density at radius 3 is 2.68 bits per heavy atom. The van der Waals surface area contributed by atoms with Crippen molar-refractivity contribution in [2.75, 3.05) is 22.9 Å². The van der Waals surface area contributed by atoms with Crippen molar-refractivity contribution >= 4 is 45.0 Å². The highest BCUT2D eigenvalue weighted by Gasteiger charge is 2.07. The van der Waals surface area contributed by atoms with Crippen molar-refractivity contribution in [3.63, 3.8) is 0 Å². The maximum atomic E-state index is 10.0. The number of hydrogen-bond acceptors (Lipinski definition) is 7. The van der Waals surface area contributed by atoms with Gasteiger partial charge in [0.05, 0.1) is 11.0 Å². The van der Waals surface area contributed by atoms with Crippen molar-refractivity contribution in [2.24, 2.45) is 0 Å². The van der Waals surface area contributed by atoms with E-state index < -0.39 is 0 Å². The fraction of sp³-hybridized carbons (Fsp3) is 0.0526. The molecule has 3 rings (SSSR count). The number of nitrogens with zero attached hydrogens (tertiary/aromatic N) is 4. The molecule has 0 bridgehead atoms. The van der Waals surface area contributed by atoms with Gasteiger partial charge in [0, 0.05) is 6.20 Å². The van der Waals surface area contributed by atoms with Crippen LogP contribution in [0.2, 0.25) is 0 Å². The summed E-state index contributed by atoms with van der Waals surface area (Å²) in [6.07, 6.45) is 2.84. The summed E-state index contributed by atoms with van der Waals surface area (Å²) >= 11 is 3.37. The summed E-state index contributed by atoms with van der Waals surface area (Å²) in [7, 11) is 0. The second-order valence-corrected chi connectivity index (χ2v) is 6.56. The molecular formula is C19H17BrN7O-. The third-order valence-electron chi connectivity index (χ3n) is 3.56. The third kappa shape index (κ3) is 5.27. The summed E-state index contributed by atoms with van der Waals surface area (Å²) in [5.74, 6) is 1.62. The Kier molecular flexibility index (Phi) is 6.18. The number of nitrogens with two attached hydrogens (primary N) is 1. The van der Waals surface area contributed by atoms with E-state index in [1.165, 1.54) is 6.08 Å². The number of nitrogen functional groups attached to an aromatic ring is 1. The number of halogens is 1. The Balaban J connectivity index is 1.66. The predicted octanol–water partition coefficient (Wildman–Crippen LogP) is 3.87. The molecule has 0 spiro atoms. The standard InChI is InChI=1S/C19H17BrN7O/c20-14-11-24-19(27-18(14)26-17-8-4-7-16(22)25-17)23-10-13(28)9-15(21)12-5-2-1-3-6-12/h1-9,11,28H,10H2,(H4,22,23,24,25,26,27)/q-1/b13-9-. The molecule has 0 amide bonds. The minimum atomic E-state index is -0.0696. The average Bonchev–Trinajstić information content (AvgIpc) is 2.69. The summed E-state index contributed by atoms with van der Waals surface area (Å²) in [5, 5.41) is 26.0. The molecule has 0 aliphatic carbocycles. The molecule has 0 fully saturated rings. The normalized spacial score (nSPS) is 11.1. The topological polar surface area (TPSA) is 131 Å². The maximum absolute atomic E-state index is 10.0. The number of rotatable bonds is 7. The minimum Gasteiger partial charge on any atom is -0.803 e. The first-order valence-corrected chi connectivity index (χ1v) is 9.07. The SMILES string of the molecule is [N-]=C(/C=C(\O)CNc1ncc(Br)c(Nc2cccc(N)n2)n1)c1ccccc1. The number of anilines is 4. The number of benzene rings is 1. The Morgan fingerprint density at radius 1 is 1.14 bits per heavy atom. The van der Waals surface area contributed by atoms with E-state index in [2.05, 4.69) is 41.5 Å². The van der Waals surface area contributed by atoms with Crippen LogP contribution in [0.25, 0.3) is 5.41 Å². The Hall–Kier alpha value is -3.46. The monoisotopic (exact) mass is 438 g/mol. The van der Waals surface area contributed by atoms with Gasteiger partial charge in [0.1, 0.15) is 17.4 Å². The number of aliphatic hydroxyl groups excluding tert-OH is 1. The van der Waals surface area contributed by atoms with Crippen LogP contribution in [0.5, 0.6) is 0 Å². The van der Waals surface area contributed by atoms with Gasteiger partial charge in [-0.15, -0.1) is 5.71 Å². The van der Waals surface area contributed by atoms with Crippen molar-refractivity contribution < 1.29 is 5.11 Å². The molecule has 5 N–H and O–H groups in total. The molecule has 2 heterocycles. The lowest BCUT2D eigenvalue weighted by Gasteiger charge is -2.11. The minimum absolute atomic E-state index is 0.0354. The molecule has 1 aromatic carbocycles. The fourth-order valence-corrected chi connectivity index (χ4v) is 2.54. The Bertz CT molecular complexity index is 1010. The van der Waals surface area contributed by atoms with Crippen molar-refractivity contribution in [1.82, 2.24) is 15.0 Å². The zero-order valence-corrected chi connectivity index (χ0v) is 16.3. The van der Waals surface area contributed by atoms with E-state index in [0.29, 0.717) is 27.5 Å². The van der Waals surface area contributed by atoms with E-state index in [0.717, 1.165) is 0 Å². The zero-order chi connectivity index (χ0) is 19.9. The van der Waals surface area contributed by atoms with E-state index in [-0.39, 0.29) is 24.0 Å². The predicted molar refractivity (Wildman–Crippen MR) is 115 cm³/mol. The van der Waals surface area contributed by atoms with Crippen LogP contribution < -0.4 is 16.4 Å². The lowest BCUT2D eigenvalue weighted by atomic mass is 10.1. The first-order chi connectivity index (χ1) is 13.5. The van der Waals surface area contributed by atoms with Crippen molar-refractivity contribution in [1.29, 1.82) is 0 Å². The highest BCUT2D eigenvalue weighted by atomic mass is 79.9. The molecular weight excluding hydrogens is 422 g/mol. The Morgan fingerprint density at radius 2 is 1.93 bits per heavy atom. The number of hydrogen-bond donors (Lipinski definition) is 4. The molecule has 8 nitrogen and oxygen atoms in total. The fourth-order valence-electron chi connectivity index (χ4n) is 2.25. The highest BCUT2D eigenvalue weighted by molar-refractivity contribution is 9.10. The van der Waals surface area contributed by atoms with Gasteiger partial charge in [0.25, 0.3) is 0 Å². The molecule has 0 saturated heterocycles. The lowest BCUT2D eigenvalue weighted by Crippen LogP contribution is -2.10. The van der Waals surface area contributed by atoms with Crippen LogP contribution in [0.15, 0.2) is 71.0 Å². The van der Waals surface area contributed by atoms with E-state index in [9.17, 15) is 10.5 Å². The molecule has 3 aromatic rings. The molecule has 9 heteroatoms. The van der Waals surface area contributed by atoms with Crippen LogP contribution in [0.3, 0.4) is 0 Å². The number of aromatic nitrogens is 3. The molecule has 0 atom stereocenters. The van der Waals surface area contributed by atoms with Gasteiger partial charge in [-0.25, -0.2) is 9.97 Å². The second-order valence-electron chi connectivity index (χ2n) is 5.70. The zero-order valence-electron chi connectivity index (χ0n) is 14.7. The number of nitrogens with one attached hydrogen (secondary N) is 2. The van der Waals surface area contributed by atoms with Crippen LogP contribution in [0.4, 0.5) is 23.4 Å². The van der Waals surface area contributed by atoms with Crippen molar-refractivity contribution in [2.45, 2.75) is 0 Å². The summed E-state index contributed by atoms with van der Waals surface area (Å²) in [6, 6.07) is 14.1. The second kappa shape index (κ2) is 8.96. The first kappa shape index (κ1) is 19.3. The highest BCUT2D eigenvalue weighted by Crippen LogP contribution is 2.23. The van der Waals surface area contributed by atoms with Crippen molar-refractivity contribution in [3.05, 3.63) is 82.0 Å². The summed E-state index contributed by atoms with van der Waals surface area (Å²) < 4.78 is 0.636. The lowest BCUT2D eigenvalue weighted by molar-refractivity contribution is 0.408. The summed E-state index contributed by atoms with van der Waals surface area (Å²) in [6.45, 7) is 0.0362. The largest absolute Gasteiger partial charge is 0.803 e. The van der Waals surface area contributed by atoms with Gasteiger partial charge in [-0.1, -0.05) is 36.4 Å². The van der Waals surface area contributed by atoms with Crippen LogP contribution in [0, 0.1) is 0 Å². The molecule has 0 saturated carbocycles. The number of aliphatic hydroxyl groups is 1. The van der Waals surface area contributed by atoms with Gasteiger partial charge in [-0.3, -0.25) is 0 Å². The van der Waals surface area contributed by atoms with Gasteiger partial charge >= 0.3 is 0 Å². The molecule has 28 heavy (non-hydrogen) atoms. The van der Waals surface area contributed by atoms with E-state index in [4.69, 9.17) is 5.73 Å². The molecule has 0 radical (unpaired) electrons. The van der Waals surface area contributed by atoms with E-state index in [1.54, 1.807) is 48.7 Å². The molecule has 2 aromatic heterocycles. The third-order valence-corrected chi connectivity index (χ3v) is 4.14. The first-order valence-electron chi connectivity index (χ1n) is 8.28. The van der Waals surface area contributed by atoms with Crippen molar-refractivity contribution in [3.8, 4) is 0 Å². The van der Waals surface area contributed by atoms with E-state index in [1.807, 2.05) is 6.07 Å². The van der Waals surface area contributed by atoms with Crippen LogP contribution in [-0.2, 0) is 0 Å². The smallest absolute Gasteiger partial charge is 0.225 e. The van der Waals surface area contributed by atoms with Gasteiger partial charge in [-0.2, -0.15) is 4.98 Å². The summed E-state index contributed by atoms with van der Waals surface area (Å²) in [5.41, 5.74) is 6.25. The van der Waals surface area contributed by atoms with Crippen LogP contribution in [0.1, 0.15) is 5.56 Å². The molecule has 0 aliphatic rings. The molecule has 0 unspecified atom stereocenters. The average molecular weight is 439 g/mol. The van der Waals surface area contributed by atoms with Crippen LogP contribution in [-0.4, -0.2) is 32.3 Å².